The lowest BCUT2D eigenvalue weighted by Gasteiger charge is -2.05. The Hall–Kier alpha value is -1.11. The minimum Gasteiger partial charge on any atom is -0.294 e. The van der Waals surface area contributed by atoms with Crippen molar-refractivity contribution in [3.8, 4) is 0 Å². The molecule has 70 valence electrons. The Morgan fingerprint density at radius 2 is 2.08 bits per heavy atom. The summed E-state index contributed by atoms with van der Waals surface area (Å²) in [6.45, 7) is 5.94. The van der Waals surface area contributed by atoms with E-state index in [1.165, 1.54) is 0 Å². The monoisotopic (exact) mass is 176 g/mol. The van der Waals surface area contributed by atoms with Crippen molar-refractivity contribution in [2.24, 2.45) is 11.8 Å². The molecule has 0 spiro atoms. The van der Waals surface area contributed by atoms with Crippen LogP contribution in [0.4, 0.5) is 0 Å². The largest absolute Gasteiger partial charge is 0.294 e. The molecule has 0 aromatic carbocycles. The third-order valence-corrected chi connectivity index (χ3v) is 2.05. The van der Waals surface area contributed by atoms with E-state index in [2.05, 4.69) is 13.0 Å². The molecule has 0 bridgehead atoms. The number of carbonyl (C=O) groups is 1. The molecule has 1 aliphatic rings. The Kier molecular flexibility index (Phi) is 3.24. The molecule has 0 N–H and O–H groups in total. The van der Waals surface area contributed by atoms with Gasteiger partial charge in [0.1, 0.15) is 0 Å². The van der Waals surface area contributed by atoms with Crippen LogP contribution in [0.5, 0.6) is 0 Å². The van der Waals surface area contributed by atoms with Gasteiger partial charge in [-0.2, -0.15) is 0 Å². The first-order valence-corrected chi connectivity index (χ1v) is 4.72. The van der Waals surface area contributed by atoms with Crippen molar-refractivity contribution in [3.63, 3.8) is 0 Å². The summed E-state index contributed by atoms with van der Waals surface area (Å²) in [7, 11) is 0. The maximum atomic E-state index is 11.6. The Bertz CT molecular complexity index is 279. The molecule has 1 aliphatic carbocycles. The van der Waals surface area contributed by atoms with Crippen molar-refractivity contribution in [1.29, 1.82) is 0 Å². The normalized spacial score (nSPS) is 21.5. The zero-order valence-corrected chi connectivity index (χ0v) is 8.45. The SMILES string of the molecule is CC1C=CC=CC(C(=O)C(C)C)=C1. The van der Waals surface area contributed by atoms with Gasteiger partial charge in [-0.1, -0.05) is 51.2 Å². The van der Waals surface area contributed by atoms with Crippen molar-refractivity contribution in [1.82, 2.24) is 0 Å². The molecule has 0 aromatic rings. The quantitative estimate of drug-likeness (QED) is 0.632. The van der Waals surface area contributed by atoms with Gasteiger partial charge in [0.25, 0.3) is 0 Å². The molecule has 0 radical (unpaired) electrons. The molecule has 1 rings (SSSR count). The maximum absolute atomic E-state index is 11.6. The van der Waals surface area contributed by atoms with Gasteiger partial charge in [0.05, 0.1) is 0 Å². The van der Waals surface area contributed by atoms with Gasteiger partial charge >= 0.3 is 0 Å². The van der Waals surface area contributed by atoms with Gasteiger partial charge in [-0.3, -0.25) is 4.79 Å². The van der Waals surface area contributed by atoms with Gasteiger partial charge < -0.3 is 0 Å². The van der Waals surface area contributed by atoms with Crippen LogP contribution in [0.1, 0.15) is 20.8 Å². The zero-order chi connectivity index (χ0) is 9.84. The topological polar surface area (TPSA) is 17.1 Å². The molecule has 0 aliphatic heterocycles. The first-order chi connectivity index (χ1) is 6.11. The second kappa shape index (κ2) is 4.22. The second-order valence-electron chi connectivity index (χ2n) is 3.74. The van der Waals surface area contributed by atoms with E-state index in [1.54, 1.807) is 0 Å². The van der Waals surface area contributed by atoms with E-state index in [1.807, 2.05) is 38.2 Å². The van der Waals surface area contributed by atoms with Crippen molar-refractivity contribution >= 4 is 5.78 Å². The van der Waals surface area contributed by atoms with Crippen LogP contribution < -0.4 is 0 Å². The summed E-state index contributed by atoms with van der Waals surface area (Å²) < 4.78 is 0. The molecule has 0 saturated heterocycles. The van der Waals surface area contributed by atoms with Crippen LogP contribution in [0.25, 0.3) is 0 Å². The van der Waals surface area contributed by atoms with Crippen LogP contribution in [0.15, 0.2) is 36.0 Å². The van der Waals surface area contributed by atoms with E-state index >= 15 is 0 Å². The molecule has 13 heavy (non-hydrogen) atoms. The molecule has 0 amide bonds. The van der Waals surface area contributed by atoms with Gasteiger partial charge in [0.15, 0.2) is 5.78 Å². The summed E-state index contributed by atoms with van der Waals surface area (Å²) in [5.74, 6) is 0.667. The van der Waals surface area contributed by atoms with Crippen LogP contribution in [0.2, 0.25) is 0 Å². The van der Waals surface area contributed by atoms with Gasteiger partial charge in [-0.25, -0.2) is 0 Å². The summed E-state index contributed by atoms with van der Waals surface area (Å²) in [6.07, 6.45) is 9.90. The predicted molar refractivity (Wildman–Crippen MR) is 55.4 cm³/mol. The number of hydrogen-bond donors (Lipinski definition) is 0. The van der Waals surface area contributed by atoms with Crippen molar-refractivity contribution in [3.05, 3.63) is 36.0 Å². The second-order valence-corrected chi connectivity index (χ2v) is 3.74. The fourth-order valence-electron chi connectivity index (χ4n) is 1.29. The molecular formula is C12H16O. The lowest BCUT2D eigenvalue weighted by atomic mass is 9.98. The summed E-state index contributed by atoms with van der Waals surface area (Å²) >= 11 is 0. The molecule has 1 heteroatoms. The molecule has 0 heterocycles. The Labute approximate surface area is 79.8 Å². The van der Waals surface area contributed by atoms with E-state index in [-0.39, 0.29) is 11.7 Å². The molecule has 0 aromatic heterocycles. The lowest BCUT2D eigenvalue weighted by molar-refractivity contribution is -0.117. The van der Waals surface area contributed by atoms with Gasteiger partial charge in [-0.15, -0.1) is 0 Å². The summed E-state index contributed by atoms with van der Waals surface area (Å²) in [6, 6.07) is 0. The Balaban J connectivity index is 2.86. The van der Waals surface area contributed by atoms with Gasteiger partial charge in [-0.05, 0) is 5.92 Å². The minimum atomic E-state index is 0.0844. The van der Waals surface area contributed by atoms with Crippen LogP contribution in [0.3, 0.4) is 0 Å². The fraction of sp³-hybridized carbons (Fsp3) is 0.417. The smallest absolute Gasteiger partial charge is 0.165 e. The minimum absolute atomic E-state index is 0.0844. The van der Waals surface area contributed by atoms with Crippen LogP contribution in [-0.4, -0.2) is 5.78 Å². The average molecular weight is 176 g/mol. The van der Waals surface area contributed by atoms with Crippen LogP contribution in [0, 0.1) is 11.8 Å². The van der Waals surface area contributed by atoms with Gasteiger partial charge in [0.2, 0.25) is 0 Å². The zero-order valence-electron chi connectivity index (χ0n) is 8.45. The number of rotatable bonds is 2. The van der Waals surface area contributed by atoms with Crippen molar-refractivity contribution in [2.75, 3.05) is 0 Å². The summed E-state index contributed by atoms with van der Waals surface area (Å²) in [5, 5.41) is 0. The highest BCUT2D eigenvalue weighted by molar-refractivity contribution is 5.99. The number of hydrogen-bond acceptors (Lipinski definition) is 1. The van der Waals surface area contributed by atoms with Crippen molar-refractivity contribution < 1.29 is 4.79 Å². The molecule has 1 atom stereocenters. The standard InChI is InChI=1S/C12H16O/c1-9(2)12(13)11-7-5-4-6-10(3)8-11/h4-10H,1-3H3. The maximum Gasteiger partial charge on any atom is 0.165 e. The van der Waals surface area contributed by atoms with E-state index in [9.17, 15) is 4.79 Å². The fourth-order valence-corrected chi connectivity index (χ4v) is 1.29. The molecule has 0 fully saturated rings. The third-order valence-electron chi connectivity index (χ3n) is 2.05. The number of ketones is 1. The predicted octanol–water partition coefficient (Wildman–Crippen LogP) is 2.90. The van der Waals surface area contributed by atoms with E-state index in [4.69, 9.17) is 0 Å². The summed E-state index contributed by atoms with van der Waals surface area (Å²) in [4.78, 5) is 11.6. The number of carbonyl (C=O) groups excluding carboxylic acids is 1. The highest BCUT2D eigenvalue weighted by Gasteiger charge is 2.12. The van der Waals surface area contributed by atoms with E-state index in [0.717, 1.165) is 5.57 Å². The van der Waals surface area contributed by atoms with E-state index in [0.29, 0.717) is 5.92 Å². The van der Waals surface area contributed by atoms with Crippen LogP contribution in [-0.2, 0) is 4.79 Å². The van der Waals surface area contributed by atoms with Crippen molar-refractivity contribution in [2.45, 2.75) is 20.8 Å². The van der Waals surface area contributed by atoms with Crippen LogP contribution >= 0.6 is 0 Å². The Morgan fingerprint density at radius 1 is 1.38 bits per heavy atom. The summed E-state index contributed by atoms with van der Waals surface area (Å²) in [5.41, 5.74) is 0.840. The van der Waals surface area contributed by atoms with Gasteiger partial charge in [0, 0.05) is 11.5 Å². The first kappa shape index (κ1) is 9.97. The molecular weight excluding hydrogens is 160 g/mol. The average Bonchev–Trinajstić information content (AvgIpc) is 2.28. The highest BCUT2D eigenvalue weighted by atomic mass is 16.1. The lowest BCUT2D eigenvalue weighted by Crippen LogP contribution is -2.09. The first-order valence-electron chi connectivity index (χ1n) is 4.72. The molecule has 1 nitrogen and oxygen atoms in total. The number of Topliss-reactive ketones (excluding diaryl/α,β-unsaturated/α-hetero) is 1. The molecule has 0 saturated carbocycles. The third kappa shape index (κ3) is 2.69. The molecule has 1 unspecified atom stereocenters. The highest BCUT2D eigenvalue weighted by Crippen LogP contribution is 2.14. The Morgan fingerprint density at radius 3 is 2.69 bits per heavy atom. The van der Waals surface area contributed by atoms with E-state index < -0.39 is 0 Å². The number of allylic oxidation sites excluding steroid dienone is 6.